The monoisotopic (exact) mass is 340 g/mol. The highest BCUT2D eigenvalue weighted by Crippen LogP contribution is 2.27. The molecule has 1 heterocycles. The van der Waals surface area contributed by atoms with E-state index in [0.29, 0.717) is 5.02 Å². The summed E-state index contributed by atoms with van der Waals surface area (Å²) in [4.78, 5) is 4.24. The first kappa shape index (κ1) is 14.3. The van der Waals surface area contributed by atoms with Gasteiger partial charge < -0.3 is 10.4 Å². The van der Waals surface area contributed by atoms with Gasteiger partial charge in [0, 0.05) is 22.1 Å². The van der Waals surface area contributed by atoms with Crippen LogP contribution in [0, 0.1) is 6.92 Å². The molecule has 0 aliphatic heterocycles. The maximum absolute atomic E-state index is 9.51. The number of pyridine rings is 1. The van der Waals surface area contributed by atoms with Crippen molar-refractivity contribution in [3.8, 4) is 0 Å². The molecule has 2 rings (SSSR count). The second-order valence-corrected chi connectivity index (χ2v) is 5.50. The maximum atomic E-state index is 9.51. The molecule has 5 heteroatoms. The van der Waals surface area contributed by atoms with Crippen molar-refractivity contribution < 1.29 is 5.11 Å². The number of aliphatic hydroxyl groups excluding tert-OH is 1. The number of benzene rings is 1. The molecule has 0 amide bonds. The average Bonchev–Trinajstić information content (AvgIpc) is 2.41. The number of rotatable bonds is 4. The lowest BCUT2D eigenvalue weighted by Gasteiger charge is -2.18. The number of aliphatic hydroxyl groups is 1. The Kier molecular flexibility index (Phi) is 4.80. The van der Waals surface area contributed by atoms with Gasteiger partial charge in [0.05, 0.1) is 17.7 Å². The Bertz CT molecular complexity index is 560. The van der Waals surface area contributed by atoms with E-state index in [1.54, 1.807) is 12.3 Å². The highest BCUT2D eigenvalue weighted by atomic mass is 79.9. The summed E-state index contributed by atoms with van der Waals surface area (Å²) >= 11 is 9.33. The summed E-state index contributed by atoms with van der Waals surface area (Å²) in [5.74, 6) is 0. The molecular weight excluding hydrogens is 328 g/mol. The number of nitrogens with zero attached hydrogens (tertiary/aromatic N) is 1. The molecule has 1 unspecified atom stereocenters. The molecule has 19 heavy (non-hydrogen) atoms. The Morgan fingerprint density at radius 3 is 2.74 bits per heavy atom. The topological polar surface area (TPSA) is 45.1 Å². The van der Waals surface area contributed by atoms with Gasteiger partial charge in [0.25, 0.3) is 0 Å². The van der Waals surface area contributed by atoms with Crippen LogP contribution in [0.2, 0.25) is 5.02 Å². The first-order chi connectivity index (χ1) is 9.10. The smallest absolute Gasteiger partial charge is 0.0759 e. The molecular formula is C14H14BrClN2O. The predicted octanol–water partition coefficient (Wildman–Crippen LogP) is 3.95. The molecule has 2 aromatic rings. The molecule has 1 aromatic carbocycles. The lowest BCUT2D eigenvalue weighted by atomic mass is 10.1. The Morgan fingerprint density at radius 2 is 2.16 bits per heavy atom. The van der Waals surface area contributed by atoms with Crippen LogP contribution in [0.1, 0.15) is 17.3 Å². The molecule has 0 saturated heterocycles. The van der Waals surface area contributed by atoms with Gasteiger partial charge in [-0.05, 0) is 52.7 Å². The molecule has 0 spiro atoms. The lowest BCUT2D eigenvalue weighted by Crippen LogP contribution is -2.15. The summed E-state index contributed by atoms with van der Waals surface area (Å²) in [6.45, 7) is 1.92. The van der Waals surface area contributed by atoms with Gasteiger partial charge in [-0.2, -0.15) is 0 Å². The van der Waals surface area contributed by atoms with E-state index in [0.717, 1.165) is 21.4 Å². The zero-order valence-electron chi connectivity index (χ0n) is 10.4. The molecule has 0 radical (unpaired) electrons. The van der Waals surface area contributed by atoms with Crippen LogP contribution in [0.15, 0.2) is 41.0 Å². The number of aromatic nitrogens is 1. The van der Waals surface area contributed by atoms with Gasteiger partial charge >= 0.3 is 0 Å². The molecule has 0 bridgehead atoms. The van der Waals surface area contributed by atoms with Gasteiger partial charge in [0.1, 0.15) is 0 Å². The molecule has 0 aliphatic rings. The van der Waals surface area contributed by atoms with E-state index in [-0.39, 0.29) is 12.6 Å². The third-order valence-corrected chi connectivity index (χ3v) is 3.99. The van der Waals surface area contributed by atoms with Crippen molar-refractivity contribution in [2.45, 2.75) is 13.0 Å². The van der Waals surface area contributed by atoms with Crippen molar-refractivity contribution in [3.63, 3.8) is 0 Å². The molecule has 3 nitrogen and oxygen atoms in total. The third kappa shape index (κ3) is 3.69. The van der Waals surface area contributed by atoms with E-state index in [4.69, 9.17) is 11.6 Å². The molecule has 1 aromatic heterocycles. The normalized spacial score (nSPS) is 12.2. The number of aryl methyl sites for hydroxylation is 1. The zero-order valence-corrected chi connectivity index (χ0v) is 12.7. The number of hydrogen-bond acceptors (Lipinski definition) is 3. The van der Waals surface area contributed by atoms with E-state index in [1.807, 2.05) is 31.2 Å². The highest BCUT2D eigenvalue weighted by Gasteiger charge is 2.11. The van der Waals surface area contributed by atoms with Crippen LogP contribution in [-0.4, -0.2) is 16.7 Å². The summed E-state index contributed by atoms with van der Waals surface area (Å²) in [6, 6.07) is 9.25. The van der Waals surface area contributed by atoms with Crippen LogP contribution >= 0.6 is 27.5 Å². The second kappa shape index (κ2) is 6.37. The van der Waals surface area contributed by atoms with E-state index in [1.165, 1.54) is 0 Å². The fraction of sp³-hybridized carbons (Fsp3) is 0.214. The number of halogens is 2. The highest BCUT2D eigenvalue weighted by molar-refractivity contribution is 9.10. The van der Waals surface area contributed by atoms with Crippen LogP contribution in [-0.2, 0) is 0 Å². The minimum Gasteiger partial charge on any atom is -0.394 e. The van der Waals surface area contributed by atoms with Gasteiger partial charge in [0.2, 0.25) is 0 Å². The van der Waals surface area contributed by atoms with Crippen molar-refractivity contribution in [2.24, 2.45) is 0 Å². The van der Waals surface area contributed by atoms with Crippen molar-refractivity contribution in [3.05, 3.63) is 57.3 Å². The van der Waals surface area contributed by atoms with Gasteiger partial charge in [-0.15, -0.1) is 0 Å². The Labute approximate surface area is 125 Å². The summed E-state index contributed by atoms with van der Waals surface area (Å²) in [6.07, 6.45) is 1.77. The van der Waals surface area contributed by atoms with E-state index >= 15 is 0 Å². The quantitative estimate of drug-likeness (QED) is 0.885. The molecule has 0 fully saturated rings. The molecule has 0 saturated carbocycles. The standard InChI is InChI=1S/C14H14BrClN2O/c1-9-2-3-10(7-17-9)14(8-19)18-11-4-5-13(16)12(15)6-11/h2-7,14,18-19H,8H2,1H3. The summed E-state index contributed by atoms with van der Waals surface area (Å²) < 4.78 is 0.817. The Balaban J connectivity index is 2.18. The minimum atomic E-state index is -0.193. The Hall–Kier alpha value is -1.10. The van der Waals surface area contributed by atoms with Crippen molar-refractivity contribution in [1.29, 1.82) is 0 Å². The van der Waals surface area contributed by atoms with Crippen molar-refractivity contribution in [2.75, 3.05) is 11.9 Å². The molecule has 1 atom stereocenters. The first-order valence-electron chi connectivity index (χ1n) is 5.85. The number of nitrogens with one attached hydrogen (secondary N) is 1. The van der Waals surface area contributed by atoms with Crippen LogP contribution in [0.4, 0.5) is 5.69 Å². The van der Waals surface area contributed by atoms with Crippen LogP contribution < -0.4 is 5.32 Å². The second-order valence-electron chi connectivity index (χ2n) is 4.24. The Morgan fingerprint density at radius 1 is 1.37 bits per heavy atom. The minimum absolute atomic E-state index is 0.00894. The number of anilines is 1. The van der Waals surface area contributed by atoms with Crippen LogP contribution in [0.25, 0.3) is 0 Å². The fourth-order valence-corrected chi connectivity index (χ4v) is 2.20. The average molecular weight is 342 g/mol. The fourth-order valence-electron chi connectivity index (χ4n) is 1.71. The van der Waals surface area contributed by atoms with Crippen LogP contribution in [0.3, 0.4) is 0 Å². The zero-order chi connectivity index (χ0) is 13.8. The maximum Gasteiger partial charge on any atom is 0.0759 e. The largest absolute Gasteiger partial charge is 0.394 e. The van der Waals surface area contributed by atoms with Crippen molar-refractivity contribution in [1.82, 2.24) is 4.98 Å². The summed E-state index contributed by atoms with van der Waals surface area (Å²) in [5, 5.41) is 13.4. The summed E-state index contributed by atoms with van der Waals surface area (Å²) in [5.41, 5.74) is 2.78. The third-order valence-electron chi connectivity index (χ3n) is 2.78. The molecule has 100 valence electrons. The van der Waals surface area contributed by atoms with E-state index in [9.17, 15) is 5.11 Å². The molecule has 0 aliphatic carbocycles. The predicted molar refractivity (Wildman–Crippen MR) is 81.6 cm³/mol. The molecule has 2 N–H and O–H groups in total. The summed E-state index contributed by atoms with van der Waals surface area (Å²) in [7, 11) is 0. The van der Waals surface area contributed by atoms with Gasteiger partial charge in [-0.25, -0.2) is 0 Å². The van der Waals surface area contributed by atoms with E-state index < -0.39 is 0 Å². The van der Waals surface area contributed by atoms with Crippen molar-refractivity contribution >= 4 is 33.2 Å². The van der Waals surface area contributed by atoms with Gasteiger partial charge in [-0.3, -0.25) is 4.98 Å². The number of hydrogen-bond donors (Lipinski definition) is 2. The van der Waals surface area contributed by atoms with Gasteiger partial charge in [-0.1, -0.05) is 17.7 Å². The van der Waals surface area contributed by atoms with E-state index in [2.05, 4.69) is 26.2 Å². The lowest BCUT2D eigenvalue weighted by molar-refractivity contribution is 0.276. The van der Waals surface area contributed by atoms with Gasteiger partial charge in [0.15, 0.2) is 0 Å². The van der Waals surface area contributed by atoms with Crippen LogP contribution in [0.5, 0.6) is 0 Å². The SMILES string of the molecule is Cc1ccc(C(CO)Nc2ccc(Cl)c(Br)c2)cn1. The first-order valence-corrected chi connectivity index (χ1v) is 7.02.